The van der Waals surface area contributed by atoms with Crippen molar-refractivity contribution in [1.82, 2.24) is 4.57 Å². The number of aromatic nitrogens is 1. The van der Waals surface area contributed by atoms with Crippen LogP contribution in [0.1, 0.15) is 12.5 Å². The monoisotopic (exact) mass is 327 g/mol. The van der Waals surface area contributed by atoms with Gasteiger partial charge in [0.2, 0.25) is 0 Å². The van der Waals surface area contributed by atoms with Gasteiger partial charge in [0, 0.05) is 18.1 Å². The molecule has 1 aliphatic rings. The van der Waals surface area contributed by atoms with Gasteiger partial charge >= 0.3 is 0 Å². The molecule has 0 unspecified atom stereocenters. The van der Waals surface area contributed by atoms with Crippen LogP contribution >= 0.6 is 0 Å². The fraction of sp³-hybridized carbons (Fsp3) is 0.0476. The molecule has 4 rings (SSSR count). The van der Waals surface area contributed by atoms with Gasteiger partial charge in [-0.15, -0.1) is 0 Å². The van der Waals surface area contributed by atoms with Gasteiger partial charge in [-0.2, -0.15) is 10.1 Å². The first-order valence-corrected chi connectivity index (χ1v) is 8.12. The lowest BCUT2D eigenvalue weighted by molar-refractivity contribution is -0.114. The number of rotatable bonds is 3. The number of hydrogen-bond donors (Lipinski definition) is 0. The molecule has 4 nitrogen and oxygen atoms in total. The molecule has 0 saturated heterocycles. The van der Waals surface area contributed by atoms with Crippen LogP contribution in [0.4, 0.5) is 5.69 Å². The first-order valence-electron chi connectivity index (χ1n) is 8.12. The molecule has 0 fully saturated rings. The maximum Gasteiger partial charge on any atom is 0.280 e. The largest absolute Gasteiger partial charge is 0.323 e. The summed E-state index contributed by atoms with van der Waals surface area (Å²) >= 11 is 0. The van der Waals surface area contributed by atoms with Crippen LogP contribution < -0.4 is 5.01 Å². The predicted molar refractivity (Wildman–Crippen MR) is 101 cm³/mol. The molecule has 0 bridgehead atoms. The summed E-state index contributed by atoms with van der Waals surface area (Å²) in [6.07, 6.45) is 5.89. The van der Waals surface area contributed by atoms with Crippen LogP contribution in [0, 0.1) is 0 Å². The Kier molecular flexibility index (Phi) is 3.78. The molecule has 0 aliphatic carbocycles. The number of carbonyl (C=O) groups is 1. The molecule has 2 aromatic carbocycles. The lowest BCUT2D eigenvalue weighted by atomic mass is 10.1. The Bertz CT molecular complexity index is 969. The molecule has 4 heteroatoms. The fourth-order valence-electron chi connectivity index (χ4n) is 2.85. The Morgan fingerprint density at radius 1 is 0.880 bits per heavy atom. The van der Waals surface area contributed by atoms with Crippen LogP contribution in [0.15, 0.2) is 89.8 Å². The number of benzene rings is 2. The average molecular weight is 327 g/mol. The van der Waals surface area contributed by atoms with Crippen molar-refractivity contribution in [3.8, 4) is 5.69 Å². The van der Waals surface area contributed by atoms with Crippen LogP contribution in [0.3, 0.4) is 0 Å². The van der Waals surface area contributed by atoms with E-state index in [1.165, 1.54) is 5.01 Å². The summed E-state index contributed by atoms with van der Waals surface area (Å²) in [6.45, 7) is 1.86. The Labute approximate surface area is 146 Å². The third kappa shape index (κ3) is 2.90. The van der Waals surface area contributed by atoms with Gasteiger partial charge in [0.15, 0.2) is 0 Å². The molecular formula is C21H17N3O. The smallest absolute Gasteiger partial charge is 0.280 e. The van der Waals surface area contributed by atoms with Crippen molar-refractivity contribution >= 4 is 23.4 Å². The zero-order valence-electron chi connectivity index (χ0n) is 13.8. The number of nitrogens with zero attached hydrogens (tertiary/aromatic N) is 3. The SMILES string of the molecule is CC1=NN(c2ccccc2)C(=O)/C1=C\c1ccn(-c2ccccc2)c1. The fourth-order valence-corrected chi connectivity index (χ4v) is 2.85. The van der Waals surface area contributed by atoms with Crippen molar-refractivity contribution in [1.29, 1.82) is 0 Å². The van der Waals surface area contributed by atoms with E-state index in [0.29, 0.717) is 5.57 Å². The van der Waals surface area contributed by atoms with Crippen molar-refractivity contribution in [2.45, 2.75) is 6.92 Å². The van der Waals surface area contributed by atoms with E-state index in [1.54, 1.807) is 0 Å². The van der Waals surface area contributed by atoms with Crippen LogP contribution in [-0.2, 0) is 4.79 Å². The Hall–Kier alpha value is -3.40. The molecular weight excluding hydrogens is 310 g/mol. The van der Waals surface area contributed by atoms with Gasteiger partial charge in [-0.1, -0.05) is 36.4 Å². The molecule has 3 aromatic rings. The molecule has 1 aromatic heterocycles. The van der Waals surface area contributed by atoms with Crippen LogP contribution in [0.2, 0.25) is 0 Å². The van der Waals surface area contributed by atoms with Crippen LogP contribution in [0.25, 0.3) is 11.8 Å². The minimum absolute atomic E-state index is 0.101. The van der Waals surface area contributed by atoms with Crippen LogP contribution in [-0.4, -0.2) is 16.2 Å². The van der Waals surface area contributed by atoms with E-state index in [2.05, 4.69) is 5.10 Å². The highest BCUT2D eigenvalue weighted by Crippen LogP contribution is 2.25. The van der Waals surface area contributed by atoms with Crippen LogP contribution in [0.5, 0.6) is 0 Å². The highest BCUT2D eigenvalue weighted by atomic mass is 16.2. The summed E-state index contributed by atoms with van der Waals surface area (Å²) in [6, 6.07) is 21.5. The maximum atomic E-state index is 12.7. The van der Waals surface area contributed by atoms with Crippen molar-refractivity contribution in [3.63, 3.8) is 0 Å². The molecule has 122 valence electrons. The van der Waals surface area contributed by atoms with Gasteiger partial charge in [-0.05, 0) is 48.9 Å². The van der Waals surface area contributed by atoms with E-state index < -0.39 is 0 Å². The second-order valence-electron chi connectivity index (χ2n) is 5.88. The molecule has 0 saturated carbocycles. The molecule has 1 amide bonds. The lowest BCUT2D eigenvalue weighted by Gasteiger charge is -2.10. The van der Waals surface area contributed by atoms with E-state index in [0.717, 1.165) is 22.6 Å². The van der Waals surface area contributed by atoms with Gasteiger partial charge in [0.25, 0.3) is 5.91 Å². The van der Waals surface area contributed by atoms with Gasteiger partial charge in [0.05, 0.1) is 17.0 Å². The average Bonchev–Trinajstić information content (AvgIpc) is 3.23. The first-order chi connectivity index (χ1) is 12.2. The molecule has 0 spiro atoms. The number of amides is 1. The van der Waals surface area contributed by atoms with Gasteiger partial charge < -0.3 is 4.57 Å². The van der Waals surface area contributed by atoms with E-state index in [9.17, 15) is 4.79 Å². The summed E-state index contributed by atoms with van der Waals surface area (Å²) in [4.78, 5) is 12.7. The zero-order chi connectivity index (χ0) is 17.2. The van der Waals surface area contributed by atoms with Gasteiger partial charge in [0.1, 0.15) is 0 Å². The summed E-state index contributed by atoms with van der Waals surface area (Å²) in [5.41, 5.74) is 4.17. The standard InChI is InChI=1S/C21H17N3O/c1-16-20(21(25)24(22-16)19-10-6-3-7-11-19)14-17-12-13-23(15-17)18-8-4-2-5-9-18/h2-15H,1H3/b20-14-. The van der Waals surface area contributed by atoms with Gasteiger partial charge in [-0.25, -0.2) is 0 Å². The summed E-state index contributed by atoms with van der Waals surface area (Å²) < 4.78 is 2.03. The number of hydrazone groups is 1. The highest BCUT2D eigenvalue weighted by Gasteiger charge is 2.28. The van der Waals surface area contributed by atoms with Crippen molar-refractivity contribution in [2.75, 3.05) is 5.01 Å². The zero-order valence-corrected chi connectivity index (χ0v) is 13.8. The summed E-state index contributed by atoms with van der Waals surface area (Å²) in [7, 11) is 0. The number of hydrogen-bond acceptors (Lipinski definition) is 2. The third-order valence-corrected chi connectivity index (χ3v) is 4.14. The predicted octanol–water partition coefficient (Wildman–Crippen LogP) is 4.28. The lowest BCUT2D eigenvalue weighted by Crippen LogP contribution is -2.21. The Morgan fingerprint density at radius 2 is 1.52 bits per heavy atom. The molecule has 0 N–H and O–H groups in total. The Balaban J connectivity index is 1.63. The Morgan fingerprint density at radius 3 is 2.20 bits per heavy atom. The molecule has 0 radical (unpaired) electrons. The normalized spacial score (nSPS) is 15.7. The third-order valence-electron chi connectivity index (χ3n) is 4.14. The van der Waals surface area contributed by atoms with E-state index in [-0.39, 0.29) is 5.91 Å². The molecule has 25 heavy (non-hydrogen) atoms. The summed E-state index contributed by atoms with van der Waals surface area (Å²) in [5, 5.41) is 5.86. The second-order valence-corrected chi connectivity index (χ2v) is 5.88. The highest BCUT2D eigenvalue weighted by molar-refractivity contribution is 6.32. The minimum atomic E-state index is -0.101. The van der Waals surface area contributed by atoms with Crippen molar-refractivity contribution < 1.29 is 4.79 Å². The maximum absolute atomic E-state index is 12.7. The quantitative estimate of drug-likeness (QED) is 0.662. The molecule has 1 aliphatic heterocycles. The second kappa shape index (κ2) is 6.24. The van der Waals surface area contributed by atoms with Crippen molar-refractivity contribution in [2.24, 2.45) is 5.10 Å². The topological polar surface area (TPSA) is 37.6 Å². The van der Waals surface area contributed by atoms with E-state index in [4.69, 9.17) is 0 Å². The summed E-state index contributed by atoms with van der Waals surface area (Å²) in [5.74, 6) is -0.101. The first kappa shape index (κ1) is 15.1. The van der Waals surface area contributed by atoms with Gasteiger partial charge in [-0.3, -0.25) is 4.79 Å². The minimum Gasteiger partial charge on any atom is -0.323 e. The molecule has 0 atom stereocenters. The van der Waals surface area contributed by atoms with Crippen molar-refractivity contribution in [3.05, 3.63) is 90.3 Å². The van der Waals surface area contributed by atoms with E-state index in [1.807, 2.05) is 96.7 Å². The number of para-hydroxylation sites is 2. The van der Waals surface area contributed by atoms with E-state index >= 15 is 0 Å². The molecule has 2 heterocycles. The number of anilines is 1. The number of carbonyl (C=O) groups excluding carboxylic acids is 1.